The van der Waals surface area contributed by atoms with Gasteiger partial charge in [-0.2, -0.15) is 0 Å². The lowest BCUT2D eigenvalue weighted by Crippen LogP contribution is -2.08. The number of aliphatic hydroxyl groups excluding tert-OH is 1. The van der Waals surface area contributed by atoms with E-state index in [9.17, 15) is 4.79 Å². The number of carbonyl (C=O) groups is 1. The summed E-state index contributed by atoms with van der Waals surface area (Å²) in [4.78, 5) is 11.5. The highest BCUT2D eigenvalue weighted by Crippen LogP contribution is 2.37. The Morgan fingerprint density at radius 3 is 2.67 bits per heavy atom. The van der Waals surface area contributed by atoms with Gasteiger partial charge in [0, 0.05) is 6.61 Å². The lowest BCUT2D eigenvalue weighted by Gasteiger charge is -2.03. The number of hydrogen-bond donors (Lipinski definition) is 1. The quantitative estimate of drug-likeness (QED) is 0.759. The summed E-state index contributed by atoms with van der Waals surface area (Å²) >= 11 is 0. The molecule has 0 heterocycles. The van der Waals surface area contributed by atoms with Gasteiger partial charge in [0.25, 0.3) is 0 Å². The molecule has 15 heavy (non-hydrogen) atoms. The molecule has 1 aromatic rings. The molecule has 2 rings (SSSR count). The Morgan fingerprint density at radius 2 is 2.07 bits per heavy atom. The van der Waals surface area contributed by atoms with Crippen molar-refractivity contribution in [3.8, 4) is 0 Å². The van der Waals surface area contributed by atoms with Crippen LogP contribution in [0.1, 0.15) is 16.8 Å². The molecule has 0 aliphatic heterocycles. The predicted molar refractivity (Wildman–Crippen MR) is 55.4 cm³/mol. The van der Waals surface area contributed by atoms with E-state index in [1.165, 1.54) is 0 Å². The first-order chi connectivity index (χ1) is 7.31. The molecule has 0 aromatic heterocycles. The Morgan fingerprint density at radius 1 is 1.33 bits per heavy atom. The van der Waals surface area contributed by atoms with Gasteiger partial charge in [0.15, 0.2) is 0 Å². The molecular weight excluding hydrogens is 192 g/mol. The minimum absolute atomic E-state index is 0.202. The fourth-order valence-corrected chi connectivity index (χ4v) is 1.58. The van der Waals surface area contributed by atoms with Crippen molar-refractivity contribution in [3.63, 3.8) is 0 Å². The second kappa shape index (κ2) is 4.45. The van der Waals surface area contributed by atoms with Crippen LogP contribution in [0.2, 0.25) is 0 Å². The van der Waals surface area contributed by atoms with Gasteiger partial charge in [0.2, 0.25) is 0 Å². The van der Waals surface area contributed by atoms with E-state index in [-0.39, 0.29) is 12.6 Å². The fraction of sp³-hybridized carbons (Fsp3) is 0.417. The van der Waals surface area contributed by atoms with Crippen molar-refractivity contribution in [1.29, 1.82) is 0 Å². The van der Waals surface area contributed by atoms with E-state index < -0.39 is 0 Å². The molecule has 2 atom stereocenters. The monoisotopic (exact) mass is 206 g/mol. The first kappa shape index (κ1) is 10.2. The van der Waals surface area contributed by atoms with E-state index in [1.54, 1.807) is 12.1 Å². The van der Waals surface area contributed by atoms with Gasteiger partial charge in [-0.1, -0.05) is 18.2 Å². The fourth-order valence-electron chi connectivity index (χ4n) is 1.58. The summed E-state index contributed by atoms with van der Waals surface area (Å²) in [5, 5.41) is 8.82. The Labute approximate surface area is 88.7 Å². The van der Waals surface area contributed by atoms with Crippen LogP contribution in [0.15, 0.2) is 30.3 Å². The average Bonchev–Trinajstić information content (AvgIpc) is 3.06. The van der Waals surface area contributed by atoms with Gasteiger partial charge in [-0.05, 0) is 30.4 Å². The van der Waals surface area contributed by atoms with E-state index in [0.29, 0.717) is 24.0 Å². The van der Waals surface area contributed by atoms with Crippen LogP contribution in [0.5, 0.6) is 0 Å². The molecule has 1 aliphatic rings. The van der Waals surface area contributed by atoms with E-state index in [0.717, 1.165) is 6.42 Å². The second-order valence-corrected chi connectivity index (χ2v) is 3.90. The van der Waals surface area contributed by atoms with Crippen LogP contribution >= 0.6 is 0 Å². The molecule has 0 unspecified atom stereocenters. The highest BCUT2D eigenvalue weighted by molar-refractivity contribution is 5.89. The van der Waals surface area contributed by atoms with Gasteiger partial charge in [-0.25, -0.2) is 4.79 Å². The van der Waals surface area contributed by atoms with Gasteiger partial charge < -0.3 is 9.84 Å². The maximum atomic E-state index is 11.5. The molecular formula is C12H14O3. The van der Waals surface area contributed by atoms with Crippen LogP contribution in [0.4, 0.5) is 0 Å². The van der Waals surface area contributed by atoms with Crippen molar-refractivity contribution in [2.45, 2.75) is 6.42 Å². The number of aliphatic hydroxyl groups is 1. The average molecular weight is 206 g/mol. The van der Waals surface area contributed by atoms with Crippen LogP contribution < -0.4 is 0 Å². The lowest BCUT2D eigenvalue weighted by molar-refractivity contribution is 0.0475. The van der Waals surface area contributed by atoms with Crippen molar-refractivity contribution < 1.29 is 14.6 Å². The lowest BCUT2D eigenvalue weighted by atomic mass is 10.2. The van der Waals surface area contributed by atoms with E-state index in [4.69, 9.17) is 9.84 Å². The Balaban J connectivity index is 1.79. The molecule has 3 nitrogen and oxygen atoms in total. The Kier molecular flexibility index (Phi) is 3.02. The van der Waals surface area contributed by atoms with Gasteiger partial charge in [-0.3, -0.25) is 0 Å². The maximum absolute atomic E-state index is 11.5. The number of carbonyl (C=O) groups excluding carboxylic acids is 1. The molecule has 0 amide bonds. The Hall–Kier alpha value is -1.35. The summed E-state index contributed by atoms with van der Waals surface area (Å²) in [7, 11) is 0. The third-order valence-corrected chi connectivity index (χ3v) is 2.74. The normalized spacial score (nSPS) is 23.5. The summed E-state index contributed by atoms with van der Waals surface area (Å²) in [5.74, 6) is 0.426. The zero-order valence-corrected chi connectivity index (χ0v) is 8.43. The topological polar surface area (TPSA) is 46.5 Å². The SMILES string of the molecule is O=C(OC[C@@H]1C[C@H]1CO)c1ccccc1. The zero-order chi connectivity index (χ0) is 10.7. The molecule has 1 N–H and O–H groups in total. The third kappa shape index (κ3) is 2.57. The largest absolute Gasteiger partial charge is 0.462 e. The van der Waals surface area contributed by atoms with Crippen molar-refractivity contribution >= 4 is 5.97 Å². The van der Waals surface area contributed by atoms with Crippen molar-refractivity contribution in [1.82, 2.24) is 0 Å². The molecule has 3 heteroatoms. The van der Waals surface area contributed by atoms with Gasteiger partial charge in [-0.15, -0.1) is 0 Å². The second-order valence-electron chi connectivity index (χ2n) is 3.90. The highest BCUT2D eigenvalue weighted by atomic mass is 16.5. The number of esters is 1. The molecule has 0 spiro atoms. The van der Waals surface area contributed by atoms with Crippen LogP contribution in [-0.2, 0) is 4.74 Å². The molecule has 0 saturated heterocycles. The van der Waals surface area contributed by atoms with Gasteiger partial charge >= 0.3 is 5.97 Å². The van der Waals surface area contributed by atoms with E-state index >= 15 is 0 Å². The zero-order valence-electron chi connectivity index (χ0n) is 8.43. The molecule has 0 bridgehead atoms. The summed E-state index contributed by atoms with van der Waals surface area (Å²) < 4.78 is 5.13. The van der Waals surface area contributed by atoms with Crippen LogP contribution in [0.3, 0.4) is 0 Å². The highest BCUT2D eigenvalue weighted by Gasteiger charge is 2.37. The molecule has 0 radical (unpaired) electrons. The Bertz CT molecular complexity index is 334. The van der Waals surface area contributed by atoms with Gasteiger partial charge in [0.05, 0.1) is 12.2 Å². The van der Waals surface area contributed by atoms with Gasteiger partial charge in [0.1, 0.15) is 0 Å². The summed E-state index contributed by atoms with van der Waals surface area (Å²) in [6.45, 7) is 0.631. The molecule has 1 aromatic carbocycles. The number of hydrogen-bond acceptors (Lipinski definition) is 3. The van der Waals surface area contributed by atoms with E-state index in [2.05, 4.69) is 0 Å². The molecule has 80 valence electrons. The van der Waals surface area contributed by atoms with Crippen molar-refractivity contribution in [2.24, 2.45) is 11.8 Å². The first-order valence-electron chi connectivity index (χ1n) is 5.14. The molecule has 1 aliphatic carbocycles. The predicted octanol–water partition coefficient (Wildman–Crippen LogP) is 1.47. The maximum Gasteiger partial charge on any atom is 0.338 e. The van der Waals surface area contributed by atoms with E-state index in [1.807, 2.05) is 18.2 Å². The minimum Gasteiger partial charge on any atom is -0.462 e. The van der Waals surface area contributed by atoms with Crippen molar-refractivity contribution in [2.75, 3.05) is 13.2 Å². The minimum atomic E-state index is -0.279. The molecule has 1 saturated carbocycles. The van der Waals surface area contributed by atoms with Crippen molar-refractivity contribution in [3.05, 3.63) is 35.9 Å². The number of rotatable bonds is 4. The number of ether oxygens (including phenoxy) is 1. The smallest absolute Gasteiger partial charge is 0.338 e. The summed E-state index contributed by atoms with van der Waals surface area (Å²) in [6, 6.07) is 8.95. The van der Waals surface area contributed by atoms with Crippen LogP contribution in [0.25, 0.3) is 0 Å². The molecule has 1 fully saturated rings. The third-order valence-electron chi connectivity index (χ3n) is 2.74. The first-order valence-corrected chi connectivity index (χ1v) is 5.14. The summed E-state index contributed by atoms with van der Waals surface area (Å²) in [6.07, 6.45) is 0.971. The van der Waals surface area contributed by atoms with Crippen LogP contribution in [-0.4, -0.2) is 24.3 Å². The number of benzene rings is 1. The van der Waals surface area contributed by atoms with Crippen LogP contribution in [0, 0.1) is 11.8 Å². The summed E-state index contributed by atoms with van der Waals surface area (Å²) in [5.41, 5.74) is 0.582. The standard InChI is InChI=1S/C12H14O3/c13-7-10-6-11(10)8-15-12(14)9-4-2-1-3-5-9/h1-5,10-11,13H,6-8H2/t10-,11-/m0/s1.